The molecule has 1 aromatic carbocycles. The standard InChI is InChI=1S/C21H22Cl2N4O6/c22-15-2-1-14-16(27-6-5-24-12-27)9-17(26-21(14)20(15)23)25-13(10-32-7-3-18(28)29)11-33-8-4-19(30)31/h1-2,5-6,9,12-13H,3-4,7-8,10-11H2,(H,25,26)(H,28,29)(H,30,31). The summed E-state index contributed by atoms with van der Waals surface area (Å²) in [5.74, 6) is -1.49. The zero-order valence-corrected chi connectivity index (χ0v) is 18.9. The lowest BCUT2D eigenvalue weighted by Gasteiger charge is -2.21. The number of nitrogens with one attached hydrogen (secondary N) is 1. The van der Waals surface area contributed by atoms with Crippen molar-refractivity contribution in [2.24, 2.45) is 0 Å². The molecule has 0 atom stereocenters. The van der Waals surface area contributed by atoms with E-state index in [1.54, 1.807) is 35.4 Å². The highest BCUT2D eigenvalue weighted by Crippen LogP contribution is 2.34. The molecule has 0 saturated carbocycles. The molecule has 0 bridgehead atoms. The lowest BCUT2D eigenvalue weighted by Crippen LogP contribution is -2.32. The van der Waals surface area contributed by atoms with Crippen LogP contribution in [0.5, 0.6) is 0 Å². The fraction of sp³-hybridized carbons (Fsp3) is 0.333. The van der Waals surface area contributed by atoms with E-state index in [2.05, 4.69) is 15.3 Å². The van der Waals surface area contributed by atoms with Crippen LogP contribution < -0.4 is 5.32 Å². The highest BCUT2D eigenvalue weighted by atomic mass is 35.5. The van der Waals surface area contributed by atoms with Crippen LogP contribution in [0, 0.1) is 0 Å². The Kier molecular flexibility index (Phi) is 8.84. The molecule has 0 unspecified atom stereocenters. The number of rotatable bonds is 13. The monoisotopic (exact) mass is 496 g/mol. The van der Waals surface area contributed by atoms with E-state index in [0.717, 1.165) is 11.1 Å². The molecule has 33 heavy (non-hydrogen) atoms. The van der Waals surface area contributed by atoms with E-state index < -0.39 is 18.0 Å². The topological polar surface area (TPSA) is 136 Å². The van der Waals surface area contributed by atoms with Crippen molar-refractivity contribution in [3.63, 3.8) is 0 Å². The number of hydrogen-bond donors (Lipinski definition) is 3. The van der Waals surface area contributed by atoms with E-state index in [4.69, 9.17) is 42.9 Å². The minimum atomic E-state index is -0.968. The zero-order valence-electron chi connectivity index (χ0n) is 17.4. The molecule has 0 aliphatic rings. The Morgan fingerprint density at radius 2 is 1.76 bits per heavy atom. The Balaban J connectivity index is 1.85. The van der Waals surface area contributed by atoms with Gasteiger partial charge >= 0.3 is 11.9 Å². The summed E-state index contributed by atoms with van der Waals surface area (Å²) < 4.78 is 12.7. The van der Waals surface area contributed by atoms with Gasteiger partial charge in [-0.05, 0) is 12.1 Å². The van der Waals surface area contributed by atoms with Crippen LogP contribution in [-0.4, -0.2) is 69.2 Å². The first-order valence-corrected chi connectivity index (χ1v) is 10.7. The van der Waals surface area contributed by atoms with Gasteiger partial charge in [0.1, 0.15) is 5.82 Å². The third kappa shape index (κ3) is 7.03. The van der Waals surface area contributed by atoms with Gasteiger partial charge in [0.15, 0.2) is 0 Å². The molecule has 3 rings (SSSR count). The molecular weight excluding hydrogens is 475 g/mol. The first-order chi connectivity index (χ1) is 15.8. The van der Waals surface area contributed by atoms with Gasteiger partial charge in [-0.15, -0.1) is 0 Å². The first kappa shape index (κ1) is 24.7. The maximum absolute atomic E-state index is 10.7. The molecule has 0 aliphatic heterocycles. The predicted molar refractivity (Wildman–Crippen MR) is 122 cm³/mol. The summed E-state index contributed by atoms with van der Waals surface area (Å²) in [6, 6.07) is 4.87. The van der Waals surface area contributed by atoms with Crippen LogP contribution in [0.3, 0.4) is 0 Å². The second kappa shape index (κ2) is 11.8. The number of carboxylic acid groups (broad SMARTS) is 2. The largest absolute Gasteiger partial charge is 0.481 e. The summed E-state index contributed by atoms with van der Waals surface area (Å²) in [5, 5.41) is 22.2. The smallest absolute Gasteiger partial charge is 0.305 e. The average molecular weight is 497 g/mol. The number of halogens is 2. The second-order valence-electron chi connectivity index (χ2n) is 7.03. The van der Waals surface area contributed by atoms with Gasteiger partial charge in [-0.1, -0.05) is 23.2 Å². The van der Waals surface area contributed by atoms with Crippen molar-refractivity contribution in [3.8, 4) is 5.69 Å². The van der Waals surface area contributed by atoms with Gasteiger partial charge in [0.05, 0.1) is 72.9 Å². The molecule has 2 aromatic heterocycles. The highest BCUT2D eigenvalue weighted by Gasteiger charge is 2.16. The van der Waals surface area contributed by atoms with Crippen LogP contribution in [0.25, 0.3) is 16.6 Å². The van der Waals surface area contributed by atoms with E-state index in [9.17, 15) is 9.59 Å². The number of aromatic nitrogens is 3. The molecule has 3 aromatic rings. The highest BCUT2D eigenvalue weighted by molar-refractivity contribution is 6.45. The van der Waals surface area contributed by atoms with Crippen LogP contribution in [0.1, 0.15) is 12.8 Å². The molecule has 3 N–H and O–H groups in total. The molecule has 0 spiro atoms. The Morgan fingerprint density at radius 3 is 2.33 bits per heavy atom. The van der Waals surface area contributed by atoms with E-state index in [1.807, 2.05) is 6.07 Å². The van der Waals surface area contributed by atoms with Crippen molar-refractivity contribution >= 4 is 51.9 Å². The SMILES string of the molecule is O=C(O)CCOCC(COCCC(=O)O)Nc1cc(-n2ccnc2)c2ccc(Cl)c(Cl)c2n1. The van der Waals surface area contributed by atoms with Crippen molar-refractivity contribution in [3.05, 3.63) is 47.0 Å². The van der Waals surface area contributed by atoms with Gasteiger partial charge < -0.3 is 29.6 Å². The molecule has 0 radical (unpaired) electrons. The third-order valence-electron chi connectivity index (χ3n) is 4.54. The minimum Gasteiger partial charge on any atom is -0.481 e. The first-order valence-electron chi connectivity index (χ1n) is 9.98. The summed E-state index contributed by atoms with van der Waals surface area (Å²) in [4.78, 5) is 30.1. The number of hydrogen-bond acceptors (Lipinski definition) is 7. The van der Waals surface area contributed by atoms with E-state index in [-0.39, 0.29) is 39.3 Å². The number of pyridine rings is 1. The zero-order chi connectivity index (χ0) is 23.8. The van der Waals surface area contributed by atoms with Crippen LogP contribution in [0.2, 0.25) is 10.0 Å². The average Bonchev–Trinajstić information content (AvgIpc) is 3.31. The maximum Gasteiger partial charge on any atom is 0.305 e. The van der Waals surface area contributed by atoms with Crippen molar-refractivity contribution in [2.75, 3.05) is 31.7 Å². The van der Waals surface area contributed by atoms with E-state index in [0.29, 0.717) is 21.4 Å². The van der Waals surface area contributed by atoms with Crippen LogP contribution in [-0.2, 0) is 19.1 Å². The van der Waals surface area contributed by atoms with Gasteiger partial charge in [-0.3, -0.25) is 9.59 Å². The number of fused-ring (bicyclic) bond motifs is 1. The number of ether oxygens (including phenoxy) is 2. The summed E-state index contributed by atoms with van der Waals surface area (Å²) in [6.45, 7) is 0.276. The Morgan fingerprint density at radius 1 is 1.09 bits per heavy atom. The predicted octanol–water partition coefficient (Wildman–Crippen LogP) is 3.49. The Bertz CT molecular complexity index is 1090. The fourth-order valence-corrected chi connectivity index (χ4v) is 3.38. The van der Waals surface area contributed by atoms with Gasteiger partial charge in [-0.25, -0.2) is 9.97 Å². The number of benzene rings is 1. The maximum atomic E-state index is 10.7. The normalized spacial score (nSPS) is 11.2. The minimum absolute atomic E-state index is 0.0233. The molecule has 176 valence electrons. The summed E-state index contributed by atoms with van der Waals surface area (Å²) in [6.07, 6.45) is 4.79. The van der Waals surface area contributed by atoms with Crippen molar-refractivity contribution in [1.29, 1.82) is 0 Å². The summed E-state index contributed by atoms with van der Waals surface area (Å²) in [5.41, 5.74) is 1.24. The van der Waals surface area contributed by atoms with Crippen LogP contribution in [0.4, 0.5) is 5.82 Å². The van der Waals surface area contributed by atoms with Gasteiger partial charge in [0.25, 0.3) is 0 Å². The molecule has 12 heteroatoms. The summed E-state index contributed by atoms with van der Waals surface area (Å²) in [7, 11) is 0. The Hall–Kier alpha value is -2.92. The van der Waals surface area contributed by atoms with Gasteiger partial charge in [0.2, 0.25) is 0 Å². The lowest BCUT2D eigenvalue weighted by molar-refractivity contribution is -0.139. The fourth-order valence-electron chi connectivity index (χ4n) is 3.02. The number of nitrogens with zero attached hydrogens (tertiary/aromatic N) is 3. The molecular formula is C21H22Cl2N4O6. The van der Waals surface area contributed by atoms with Gasteiger partial charge in [-0.2, -0.15) is 0 Å². The number of carbonyl (C=O) groups is 2. The molecule has 0 aliphatic carbocycles. The van der Waals surface area contributed by atoms with Crippen molar-refractivity contribution in [1.82, 2.24) is 14.5 Å². The van der Waals surface area contributed by atoms with Crippen molar-refractivity contribution < 1.29 is 29.3 Å². The lowest BCUT2D eigenvalue weighted by atomic mass is 10.1. The van der Waals surface area contributed by atoms with Crippen LogP contribution >= 0.6 is 23.2 Å². The number of aliphatic carboxylic acids is 2. The van der Waals surface area contributed by atoms with Gasteiger partial charge in [0, 0.05) is 23.8 Å². The molecule has 0 amide bonds. The second-order valence-corrected chi connectivity index (χ2v) is 7.82. The summed E-state index contributed by atoms with van der Waals surface area (Å²) >= 11 is 12.6. The number of carboxylic acids is 2. The van der Waals surface area contributed by atoms with E-state index in [1.165, 1.54) is 0 Å². The molecule has 10 nitrogen and oxygen atoms in total. The molecule has 2 heterocycles. The van der Waals surface area contributed by atoms with Crippen LogP contribution in [0.15, 0.2) is 36.9 Å². The van der Waals surface area contributed by atoms with Crippen molar-refractivity contribution in [2.45, 2.75) is 18.9 Å². The number of anilines is 1. The number of imidazole rings is 1. The molecule has 0 fully saturated rings. The quantitative estimate of drug-likeness (QED) is 0.303. The van der Waals surface area contributed by atoms with E-state index >= 15 is 0 Å². The molecule has 0 saturated heterocycles. The Labute approximate surface area is 199 Å². The third-order valence-corrected chi connectivity index (χ3v) is 5.34.